The molecule has 1 aliphatic rings. The lowest BCUT2D eigenvalue weighted by molar-refractivity contribution is 0.0247. The van der Waals surface area contributed by atoms with E-state index in [9.17, 15) is 14.4 Å². The first-order valence-electron chi connectivity index (χ1n) is 20.3. The van der Waals surface area contributed by atoms with Crippen LogP contribution in [-0.4, -0.2) is 17.9 Å². The van der Waals surface area contributed by atoms with Gasteiger partial charge in [0.15, 0.2) is 5.60 Å². The lowest BCUT2D eigenvalue weighted by Gasteiger charge is -2.34. The normalized spacial score (nSPS) is 12.9. The van der Waals surface area contributed by atoms with Crippen molar-refractivity contribution in [1.29, 1.82) is 0 Å². The van der Waals surface area contributed by atoms with E-state index in [0.717, 1.165) is 55.6 Å². The lowest BCUT2D eigenvalue weighted by atomic mass is 9.74. The molecule has 0 saturated heterocycles. The SMILES string of the molecule is Cc1cc(OC(=O)c2ccc(-c3ccccc3)cc2)c(C(C)C)cc1C1(c2cc(C(C)C)c(OC(=O)c3ccc(-c4ccccc4)cc3)cc2C)OC(=O)c2ccccc21. The maximum Gasteiger partial charge on any atom is 0.343 e. The van der Waals surface area contributed by atoms with Gasteiger partial charge in [-0.05, 0) is 125 Å². The van der Waals surface area contributed by atoms with Crippen molar-refractivity contribution < 1.29 is 28.6 Å². The Hall–Kier alpha value is -7.05. The number of ether oxygens (including phenoxy) is 3. The minimum absolute atomic E-state index is 0.0622. The molecular formula is C54H46O6. The molecule has 0 spiro atoms. The van der Waals surface area contributed by atoms with E-state index in [-0.39, 0.29) is 11.8 Å². The first kappa shape index (κ1) is 39.8. The number of hydrogen-bond acceptors (Lipinski definition) is 6. The molecule has 1 aliphatic heterocycles. The second-order valence-electron chi connectivity index (χ2n) is 16.0. The summed E-state index contributed by atoms with van der Waals surface area (Å²) in [6.45, 7) is 12.1. The fraction of sp³-hybridized carbons (Fsp3) is 0.167. The summed E-state index contributed by atoms with van der Waals surface area (Å²) >= 11 is 0. The molecular weight excluding hydrogens is 745 g/mol. The first-order chi connectivity index (χ1) is 28.9. The third kappa shape index (κ3) is 7.41. The molecule has 0 fully saturated rings. The van der Waals surface area contributed by atoms with E-state index in [1.54, 1.807) is 30.3 Å². The minimum Gasteiger partial charge on any atom is -0.441 e. The van der Waals surface area contributed by atoms with Crippen LogP contribution in [0.5, 0.6) is 11.5 Å². The van der Waals surface area contributed by atoms with Crippen molar-refractivity contribution in [2.75, 3.05) is 0 Å². The van der Waals surface area contributed by atoms with E-state index in [4.69, 9.17) is 14.2 Å². The average molecular weight is 791 g/mol. The quantitative estimate of drug-likeness (QED) is 0.101. The number of aryl methyl sites for hydroxylation is 2. The van der Waals surface area contributed by atoms with Crippen LogP contribution in [0.1, 0.15) is 110 Å². The van der Waals surface area contributed by atoms with E-state index in [1.165, 1.54) is 0 Å². The van der Waals surface area contributed by atoms with Crippen LogP contribution in [-0.2, 0) is 10.3 Å². The fourth-order valence-corrected chi connectivity index (χ4v) is 8.17. The summed E-state index contributed by atoms with van der Waals surface area (Å²) in [5, 5.41) is 0. The third-order valence-electron chi connectivity index (χ3n) is 11.3. The Morgan fingerprint density at radius 1 is 0.483 bits per heavy atom. The van der Waals surface area contributed by atoms with E-state index < -0.39 is 23.5 Å². The maximum absolute atomic E-state index is 13.9. The van der Waals surface area contributed by atoms with Gasteiger partial charge in [-0.15, -0.1) is 0 Å². The zero-order valence-electron chi connectivity index (χ0n) is 34.6. The summed E-state index contributed by atoms with van der Waals surface area (Å²) in [6.07, 6.45) is 0. The van der Waals surface area contributed by atoms with Gasteiger partial charge in [-0.2, -0.15) is 0 Å². The van der Waals surface area contributed by atoms with Crippen molar-refractivity contribution in [3.63, 3.8) is 0 Å². The molecule has 0 aliphatic carbocycles. The first-order valence-corrected chi connectivity index (χ1v) is 20.3. The number of rotatable bonds is 10. The summed E-state index contributed by atoms with van der Waals surface area (Å²) in [7, 11) is 0. The molecule has 6 nitrogen and oxygen atoms in total. The van der Waals surface area contributed by atoms with Crippen LogP contribution in [0.15, 0.2) is 158 Å². The van der Waals surface area contributed by atoms with Gasteiger partial charge in [0.2, 0.25) is 0 Å². The molecule has 60 heavy (non-hydrogen) atoms. The zero-order valence-corrected chi connectivity index (χ0v) is 34.6. The molecule has 0 unspecified atom stereocenters. The molecule has 7 aromatic rings. The summed E-state index contributed by atoms with van der Waals surface area (Å²) < 4.78 is 19.0. The van der Waals surface area contributed by atoms with Crippen LogP contribution < -0.4 is 9.47 Å². The number of fused-ring (bicyclic) bond motifs is 1. The predicted molar refractivity (Wildman–Crippen MR) is 236 cm³/mol. The molecule has 298 valence electrons. The number of cyclic esters (lactones) is 1. The van der Waals surface area contributed by atoms with Crippen LogP contribution in [0, 0.1) is 13.8 Å². The summed E-state index contributed by atoms with van der Waals surface area (Å²) in [5.41, 5.74) is 9.42. The highest BCUT2D eigenvalue weighted by Gasteiger charge is 2.50. The van der Waals surface area contributed by atoms with Crippen LogP contribution in [0.2, 0.25) is 0 Å². The van der Waals surface area contributed by atoms with Gasteiger partial charge in [0, 0.05) is 16.7 Å². The standard InChI is InChI=1S/C54H46O6/c1-33(2)44-31-47(35(5)29-49(44)58-51(55)41-25-21-39(22-26-41)37-15-9-7-10-16-37)54(46-20-14-13-19-43(46)53(57)60-54)48-32-45(34(3)4)50(30-36(48)6)59-52(56)42-27-23-40(24-28-42)38-17-11-8-12-18-38/h7-34H,1-6H3. The average Bonchev–Trinajstić information content (AvgIpc) is 3.56. The zero-order chi connectivity index (χ0) is 42.1. The lowest BCUT2D eigenvalue weighted by Crippen LogP contribution is -2.32. The van der Waals surface area contributed by atoms with Gasteiger partial charge < -0.3 is 14.2 Å². The molecule has 0 aromatic heterocycles. The monoisotopic (exact) mass is 790 g/mol. The highest BCUT2D eigenvalue weighted by atomic mass is 16.6. The van der Waals surface area contributed by atoms with Crippen LogP contribution in [0.3, 0.4) is 0 Å². The smallest absolute Gasteiger partial charge is 0.343 e. The number of esters is 3. The molecule has 0 atom stereocenters. The second-order valence-corrected chi connectivity index (χ2v) is 16.0. The van der Waals surface area contributed by atoms with Gasteiger partial charge in [-0.1, -0.05) is 131 Å². The molecule has 6 heteroatoms. The van der Waals surface area contributed by atoms with Crippen molar-refractivity contribution in [1.82, 2.24) is 0 Å². The summed E-state index contributed by atoms with van der Waals surface area (Å²) in [5.74, 6) is -0.618. The topological polar surface area (TPSA) is 78.9 Å². The Balaban J connectivity index is 1.18. The predicted octanol–water partition coefficient (Wildman–Crippen LogP) is 12.8. The maximum atomic E-state index is 13.9. The van der Waals surface area contributed by atoms with Gasteiger partial charge in [0.1, 0.15) is 11.5 Å². The Labute approximate surface area is 351 Å². The highest BCUT2D eigenvalue weighted by Crippen LogP contribution is 2.51. The number of carbonyl (C=O) groups excluding carboxylic acids is 3. The van der Waals surface area contributed by atoms with Crippen molar-refractivity contribution in [3.05, 3.63) is 213 Å². The number of benzene rings is 7. The molecule has 0 N–H and O–H groups in total. The Morgan fingerprint density at radius 3 is 1.28 bits per heavy atom. The van der Waals surface area contributed by atoms with Crippen molar-refractivity contribution >= 4 is 17.9 Å². The van der Waals surface area contributed by atoms with Gasteiger partial charge in [0.25, 0.3) is 0 Å². The van der Waals surface area contributed by atoms with E-state index in [1.807, 2.05) is 169 Å². The van der Waals surface area contributed by atoms with Gasteiger partial charge in [0.05, 0.1) is 16.7 Å². The van der Waals surface area contributed by atoms with Gasteiger partial charge >= 0.3 is 17.9 Å². The Kier molecular flexibility index (Phi) is 10.8. The fourth-order valence-electron chi connectivity index (χ4n) is 8.17. The molecule has 7 aromatic carbocycles. The Morgan fingerprint density at radius 2 is 0.867 bits per heavy atom. The van der Waals surface area contributed by atoms with Gasteiger partial charge in [-0.3, -0.25) is 0 Å². The van der Waals surface area contributed by atoms with Crippen LogP contribution in [0.4, 0.5) is 0 Å². The van der Waals surface area contributed by atoms with Gasteiger partial charge in [-0.25, -0.2) is 14.4 Å². The third-order valence-corrected chi connectivity index (χ3v) is 11.3. The number of carbonyl (C=O) groups is 3. The van der Waals surface area contributed by atoms with E-state index >= 15 is 0 Å². The second kappa shape index (κ2) is 16.3. The molecule has 0 amide bonds. The minimum atomic E-state index is -1.36. The van der Waals surface area contributed by atoms with Crippen molar-refractivity contribution in [2.24, 2.45) is 0 Å². The molecule has 8 rings (SSSR count). The molecule has 1 heterocycles. The molecule has 0 saturated carbocycles. The molecule has 0 radical (unpaired) electrons. The van der Waals surface area contributed by atoms with Crippen LogP contribution in [0.25, 0.3) is 22.3 Å². The van der Waals surface area contributed by atoms with Crippen molar-refractivity contribution in [2.45, 2.75) is 59.0 Å². The van der Waals surface area contributed by atoms with Crippen molar-refractivity contribution in [3.8, 4) is 33.8 Å². The summed E-state index contributed by atoms with van der Waals surface area (Å²) in [6, 6.07) is 50.0. The van der Waals surface area contributed by atoms with E-state index in [2.05, 4.69) is 0 Å². The highest BCUT2D eigenvalue weighted by molar-refractivity contribution is 5.97. The summed E-state index contributed by atoms with van der Waals surface area (Å²) in [4.78, 5) is 41.2. The molecule has 0 bridgehead atoms. The Bertz CT molecular complexity index is 2570. The number of hydrogen-bond donors (Lipinski definition) is 0. The largest absolute Gasteiger partial charge is 0.441 e. The van der Waals surface area contributed by atoms with E-state index in [0.29, 0.717) is 33.8 Å². The van der Waals surface area contributed by atoms with Crippen LogP contribution >= 0.6 is 0 Å².